The Kier molecular flexibility index (Phi) is 4.74. The first kappa shape index (κ1) is 19.4. The van der Waals surface area contributed by atoms with Gasteiger partial charge in [-0.2, -0.15) is 0 Å². The number of aliphatic imine (C=N–C) groups is 1. The van der Waals surface area contributed by atoms with Crippen molar-refractivity contribution in [3.8, 4) is 6.01 Å². The van der Waals surface area contributed by atoms with Gasteiger partial charge in [0.25, 0.3) is 0 Å². The second-order valence-electron chi connectivity index (χ2n) is 8.17. The highest BCUT2D eigenvalue weighted by Crippen LogP contribution is 2.35. The molecular weight excluding hydrogens is 386 g/mol. The summed E-state index contributed by atoms with van der Waals surface area (Å²) in [5.41, 5.74) is 9.38. The van der Waals surface area contributed by atoms with Crippen LogP contribution in [0, 0.1) is 6.92 Å². The standard InChI is InChI=1S/C26H23N3O2/c1-15-5-4-6-17(7-15)16(2)22-9-19-10-23-20(8-18(19)11-24(22)30)12-27-25(23)21-13-28-26(31-3)29-14-21/h4-10,13-14,16H,11-12H2,1-3H3. The van der Waals surface area contributed by atoms with Crippen LogP contribution in [-0.4, -0.2) is 28.6 Å². The fourth-order valence-corrected chi connectivity index (χ4v) is 4.40. The van der Waals surface area contributed by atoms with Crippen molar-refractivity contribution in [3.05, 3.63) is 93.3 Å². The first-order valence-electron chi connectivity index (χ1n) is 10.4. The number of hydrogen-bond donors (Lipinski definition) is 0. The highest BCUT2D eigenvalue weighted by atomic mass is 16.5. The Morgan fingerprint density at radius 3 is 2.61 bits per heavy atom. The first-order chi connectivity index (χ1) is 15.0. The molecule has 0 N–H and O–H groups in total. The van der Waals surface area contributed by atoms with E-state index in [1.807, 2.05) is 0 Å². The average molecular weight is 409 g/mol. The molecule has 0 amide bonds. The lowest BCUT2D eigenvalue weighted by molar-refractivity contribution is -0.115. The first-order valence-corrected chi connectivity index (χ1v) is 10.4. The van der Waals surface area contributed by atoms with Gasteiger partial charge in [0.15, 0.2) is 5.78 Å². The third-order valence-corrected chi connectivity index (χ3v) is 6.10. The van der Waals surface area contributed by atoms with Crippen LogP contribution < -0.4 is 4.74 Å². The number of hydrogen-bond acceptors (Lipinski definition) is 5. The molecule has 2 aromatic carbocycles. The highest BCUT2D eigenvalue weighted by molar-refractivity contribution is 6.15. The zero-order valence-electron chi connectivity index (χ0n) is 17.8. The zero-order valence-corrected chi connectivity index (χ0v) is 17.8. The molecule has 5 nitrogen and oxygen atoms in total. The Labute approximate surface area is 181 Å². The number of methoxy groups -OCH3 is 1. The molecule has 0 saturated heterocycles. The van der Waals surface area contributed by atoms with Gasteiger partial charge >= 0.3 is 6.01 Å². The predicted octanol–water partition coefficient (Wildman–Crippen LogP) is 4.46. The molecule has 1 unspecified atom stereocenters. The lowest BCUT2D eigenvalue weighted by Gasteiger charge is -2.22. The highest BCUT2D eigenvalue weighted by Gasteiger charge is 2.27. The number of carbonyl (C=O) groups is 1. The van der Waals surface area contributed by atoms with Crippen LogP contribution in [0.1, 0.15) is 51.8 Å². The van der Waals surface area contributed by atoms with E-state index in [0.29, 0.717) is 19.0 Å². The molecule has 1 aliphatic carbocycles. The topological polar surface area (TPSA) is 64.4 Å². The van der Waals surface area contributed by atoms with E-state index in [2.05, 4.69) is 66.3 Å². The molecule has 31 heavy (non-hydrogen) atoms. The Balaban J connectivity index is 1.53. The van der Waals surface area contributed by atoms with E-state index >= 15 is 0 Å². The number of fused-ring (bicyclic) bond motifs is 2. The van der Waals surface area contributed by atoms with Gasteiger partial charge in [-0.25, -0.2) is 9.97 Å². The van der Waals surface area contributed by atoms with E-state index in [1.54, 1.807) is 19.5 Å². The molecule has 3 aromatic rings. The maximum atomic E-state index is 13.0. The summed E-state index contributed by atoms with van der Waals surface area (Å²) >= 11 is 0. The summed E-state index contributed by atoms with van der Waals surface area (Å²) < 4.78 is 5.06. The molecule has 1 atom stereocenters. The van der Waals surface area contributed by atoms with Gasteiger partial charge in [-0.05, 0) is 41.3 Å². The van der Waals surface area contributed by atoms with Crippen LogP contribution in [0.25, 0.3) is 6.08 Å². The number of nitrogens with zero attached hydrogens (tertiary/aromatic N) is 3. The number of aromatic nitrogens is 2. The van der Waals surface area contributed by atoms with E-state index in [1.165, 1.54) is 11.1 Å². The quantitative estimate of drug-likeness (QED) is 0.638. The Hall–Kier alpha value is -3.60. The summed E-state index contributed by atoms with van der Waals surface area (Å²) in [4.78, 5) is 26.1. The molecule has 0 bridgehead atoms. The van der Waals surface area contributed by atoms with Gasteiger partial charge < -0.3 is 4.74 Å². The van der Waals surface area contributed by atoms with Gasteiger partial charge in [-0.3, -0.25) is 9.79 Å². The Morgan fingerprint density at radius 2 is 1.87 bits per heavy atom. The Bertz CT molecular complexity index is 1260. The second kappa shape index (κ2) is 7.58. The number of ketones is 1. The molecule has 2 aliphatic rings. The average Bonchev–Trinajstić information content (AvgIpc) is 3.19. The minimum Gasteiger partial charge on any atom is -0.467 e. The van der Waals surface area contributed by atoms with Gasteiger partial charge in [0.1, 0.15) is 0 Å². The van der Waals surface area contributed by atoms with Crippen LogP contribution in [0.5, 0.6) is 6.01 Å². The summed E-state index contributed by atoms with van der Waals surface area (Å²) in [6.07, 6.45) is 5.98. The fraction of sp³-hybridized carbons (Fsp3) is 0.231. The van der Waals surface area contributed by atoms with E-state index in [9.17, 15) is 4.79 Å². The molecule has 1 aliphatic heterocycles. The van der Waals surface area contributed by atoms with Gasteiger partial charge in [0.2, 0.25) is 0 Å². The van der Waals surface area contributed by atoms with Crippen LogP contribution in [0.3, 0.4) is 0 Å². The van der Waals surface area contributed by atoms with Crippen molar-refractivity contribution < 1.29 is 9.53 Å². The number of rotatable bonds is 4. The molecule has 2 heterocycles. The van der Waals surface area contributed by atoms with E-state index in [-0.39, 0.29) is 11.7 Å². The molecular formula is C26H23N3O2. The van der Waals surface area contributed by atoms with Crippen LogP contribution in [0.4, 0.5) is 0 Å². The van der Waals surface area contributed by atoms with Gasteiger partial charge in [-0.1, -0.05) is 42.8 Å². The minimum absolute atomic E-state index is 0.0527. The summed E-state index contributed by atoms with van der Waals surface area (Å²) in [6, 6.07) is 13.0. The molecule has 0 saturated carbocycles. The van der Waals surface area contributed by atoms with Crippen molar-refractivity contribution in [1.82, 2.24) is 9.97 Å². The minimum atomic E-state index is 0.0527. The predicted molar refractivity (Wildman–Crippen MR) is 121 cm³/mol. The number of allylic oxidation sites excluding steroid dienone is 1. The van der Waals surface area contributed by atoms with E-state index in [0.717, 1.165) is 39.1 Å². The largest absolute Gasteiger partial charge is 0.467 e. The molecule has 5 heteroatoms. The number of carbonyl (C=O) groups excluding carboxylic acids is 1. The summed E-state index contributed by atoms with van der Waals surface area (Å²) in [5.74, 6) is 0.251. The van der Waals surface area contributed by atoms with Crippen molar-refractivity contribution >= 4 is 17.6 Å². The van der Waals surface area contributed by atoms with Gasteiger partial charge in [-0.15, -0.1) is 0 Å². The smallest absolute Gasteiger partial charge is 0.316 e. The van der Waals surface area contributed by atoms with Gasteiger partial charge in [0, 0.05) is 41.4 Å². The number of aryl methyl sites for hydroxylation is 1. The molecule has 1 aromatic heterocycles. The van der Waals surface area contributed by atoms with Crippen molar-refractivity contribution in [2.45, 2.75) is 32.7 Å². The SMILES string of the molecule is COc1ncc(C2=NCc3cc4c(cc32)C=C(C(C)c2cccc(C)c2)C(=O)C4)cn1. The van der Waals surface area contributed by atoms with E-state index in [4.69, 9.17) is 9.73 Å². The molecule has 0 fully saturated rings. The normalized spacial score (nSPS) is 15.6. The monoisotopic (exact) mass is 409 g/mol. The Morgan fingerprint density at radius 1 is 1.06 bits per heavy atom. The van der Waals surface area contributed by atoms with Crippen molar-refractivity contribution in [2.75, 3.05) is 7.11 Å². The summed E-state index contributed by atoms with van der Waals surface area (Å²) in [7, 11) is 1.55. The zero-order chi connectivity index (χ0) is 21.5. The fourth-order valence-electron chi connectivity index (χ4n) is 4.40. The molecule has 154 valence electrons. The number of ether oxygens (including phenoxy) is 1. The third-order valence-electron chi connectivity index (χ3n) is 6.10. The lowest BCUT2D eigenvalue weighted by Crippen LogP contribution is -2.17. The maximum absolute atomic E-state index is 13.0. The van der Waals surface area contributed by atoms with Gasteiger partial charge in [0.05, 0.1) is 19.4 Å². The van der Waals surface area contributed by atoms with Crippen LogP contribution in [0.2, 0.25) is 0 Å². The van der Waals surface area contributed by atoms with Crippen LogP contribution >= 0.6 is 0 Å². The van der Waals surface area contributed by atoms with Crippen molar-refractivity contribution in [3.63, 3.8) is 0 Å². The summed E-state index contributed by atoms with van der Waals surface area (Å²) in [5, 5.41) is 0. The second-order valence-corrected chi connectivity index (χ2v) is 8.17. The maximum Gasteiger partial charge on any atom is 0.316 e. The number of benzene rings is 2. The summed E-state index contributed by atoms with van der Waals surface area (Å²) in [6.45, 7) is 4.79. The van der Waals surface area contributed by atoms with Crippen molar-refractivity contribution in [2.24, 2.45) is 4.99 Å². The van der Waals surface area contributed by atoms with Crippen molar-refractivity contribution in [1.29, 1.82) is 0 Å². The lowest BCUT2D eigenvalue weighted by atomic mass is 9.81. The number of Topliss-reactive ketones (excluding diaryl/α,β-unsaturated/α-hetero) is 1. The van der Waals surface area contributed by atoms with Crippen LogP contribution in [-0.2, 0) is 17.8 Å². The third kappa shape index (κ3) is 3.46. The van der Waals surface area contributed by atoms with E-state index < -0.39 is 0 Å². The molecule has 0 spiro atoms. The molecule has 5 rings (SSSR count). The molecule has 0 radical (unpaired) electrons. The van der Waals surface area contributed by atoms with Crippen LogP contribution in [0.15, 0.2) is 59.4 Å².